The number of hydrogen-bond acceptors (Lipinski definition) is 4. The van der Waals surface area contributed by atoms with Gasteiger partial charge in [-0.1, -0.05) is 12.1 Å². The quantitative estimate of drug-likeness (QED) is 0.626. The highest BCUT2D eigenvalue weighted by atomic mass is 19.3. The second kappa shape index (κ2) is 7.43. The van der Waals surface area contributed by atoms with Gasteiger partial charge in [0.25, 0.3) is 6.43 Å². The van der Waals surface area contributed by atoms with Crippen LogP contribution in [0.3, 0.4) is 0 Å². The zero-order valence-corrected chi connectivity index (χ0v) is 14.3. The highest BCUT2D eigenvalue weighted by Crippen LogP contribution is 2.34. The van der Waals surface area contributed by atoms with Crippen LogP contribution >= 0.6 is 0 Å². The fourth-order valence-electron chi connectivity index (χ4n) is 2.73. The minimum absolute atomic E-state index is 0.462. The second-order valence-electron chi connectivity index (χ2n) is 5.76. The summed E-state index contributed by atoms with van der Waals surface area (Å²) in [6.07, 6.45) is 1.40. The van der Waals surface area contributed by atoms with Crippen LogP contribution in [-0.2, 0) is 6.54 Å². The Balaban J connectivity index is 2.09. The van der Waals surface area contributed by atoms with E-state index in [4.69, 9.17) is 4.74 Å². The van der Waals surface area contributed by atoms with Crippen LogP contribution in [0.15, 0.2) is 42.7 Å². The number of methoxy groups -OCH3 is 1. The van der Waals surface area contributed by atoms with Gasteiger partial charge in [0.1, 0.15) is 12.3 Å². The molecule has 3 rings (SSSR count). The maximum Gasteiger partial charge on any atom is 0.257 e. The van der Waals surface area contributed by atoms with Crippen molar-refractivity contribution >= 4 is 6.29 Å². The van der Waals surface area contributed by atoms with Gasteiger partial charge in [0.05, 0.1) is 19.0 Å². The smallest absolute Gasteiger partial charge is 0.257 e. The van der Waals surface area contributed by atoms with Gasteiger partial charge in [0, 0.05) is 28.6 Å². The van der Waals surface area contributed by atoms with Gasteiger partial charge >= 0.3 is 0 Å². The number of pyridine rings is 1. The van der Waals surface area contributed by atoms with E-state index < -0.39 is 13.0 Å². The van der Waals surface area contributed by atoms with Crippen LogP contribution in [0.2, 0.25) is 0 Å². The summed E-state index contributed by atoms with van der Waals surface area (Å²) in [7, 11) is 1.53. The minimum Gasteiger partial charge on any atom is -0.494 e. The van der Waals surface area contributed by atoms with Gasteiger partial charge < -0.3 is 4.74 Å². The number of benzene rings is 1. The molecule has 2 aromatic heterocycles. The van der Waals surface area contributed by atoms with Crippen LogP contribution in [0, 0.1) is 6.92 Å². The van der Waals surface area contributed by atoms with Gasteiger partial charge in [-0.15, -0.1) is 0 Å². The summed E-state index contributed by atoms with van der Waals surface area (Å²) in [5, 5.41) is 4.18. The molecular formula is C19H17F2N3O2. The van der Waals surface area contributed by atoms with Crippen molar-refractivity contribution in [2.24, 2.45) is 0 Å². The molecule has 3 aromatic rings. The molecule has 0 N–H and O–H groups in total. The Morgan fingerprint density at radius 3 is 2.73 bits per heavy atom. The summed E-state index contributed by atoms with van der Waals surface area (Å²) in [6.45, 7) is 1.38. The first-order valence-corrected chi connectivity index (χ1v) is 7.94. The number of carbonyl (C=O) groups excluding carboxylic acids is 1. The lowest BCUT2D eigenvalue weighted by Crippen LogP contribution is -2.06. The van der Waals surface area contributed by atoms with E-state index in [-0.39, 0.29) is 0 Å². The molecule has 0 aliphatic heterocycles. The van der Waals surface area contributed by atoms with Gasteiger partial charge in [-0.25, -0.2) is 8.78 Å². The first kappa shape index (κ1) is 17.7. The topological polar surface area (TPSA) is 57.0 Å². The molecule has 26 heavy (non-hydrogen) atoms. The molecule has 0 unspecified atom stereocenters. The Labute approximate surface area is 149 Å². The van der Waals surface area contributed by atoms with Crippen LogP contribution in [0.25, 0.3) is 22.4 Å². The molecule has 0 bridgehead atoms. The maximum absolute atomic E-state index is 12.5. The number of nitrogens with zero attached hydrogens (tertiary/aromatic N) is 3. The molecule has 0 aliphatic carbocycles. The molecule has 0 saturated carbocycles. The van der Waals surface area contributed by atoms with Gasteiger partial charge in [-0.2, -0.15) is 5.10 Å². The molecule has 0 amide bonds. The van der Waals surface area contributed by atoms with Crippen LogP contribution in [0.4, 0.5) is 8.78 Å². The van der Waals surface area contributed by atoms with Crippen molar-refractivity contribution in [3.63, 3.8) is 0 Å². The molecular weight excluding hydrogens is 340 g/mol. The number of aldehydes is 1. The molecule has 5 nitrogen and oxygen atoms in total. The van der Waals surface area contributed by atoms with Crippen molar-refractivity contribution in [1.29, 1.82) is 0 Å². The highest BCUT2D eigenvalue weighted by molar-refractivity contribution is 5.91. The predicted molar refractivity (Wildman–Crippen MR) is 93.6 cm³/mol. The van der Waals surface area contributed by atoms with Gasteiger partial charge in [0.15, 0.2) is 6.29 Å². The number of halogens is 2. The van der Waals surface area contributed by atoms with E-state index in [2.05, 4.69) is 10.1 Å². The summed E-state index contributed by atoms with van der Waals surface area (Å²) in [5.41, 5.74) is 3.94. The van der Waals surface area contributed by atoms with Crippen molar-refractivity contribution in [3.05, 3.63) is 54.0 Å². The lowest BCUT2D eigenvalue weighted by Gasteiger charge is -2.12. The monoisotopic (exact) mass is 357 g/mol. The Bertz CT molecular complexity index is 938. The molecule has 0 radical (unpaired) electrons. The lowest BCUT2D eigenvalue weighted by atomic mass is 9.96. The van der Waals surface area contributed by atoms with E-state index >= 15 is 0 Å². The summed E-state index contributed by atoms with van der Waals surface area (Å²) < 4.78 is 31.6. The van der Waals surface area contributed by atoms with E-state index in [0.717, 1.165) is 23.1 Å². The fraction of sp³-hybridized carbons (Fsp3) is 0.211. The average molecular weight is 357 g/mol. The lowest BCUT2D eigenvalue weighted by molar-refractivity contribution is 0.112. The van der Waals surface area contributed by atoms with Crippen molar-refractivity contribution in [2.45, 2.75) is 19.9 Å². The van der Waals surface area contributed by atoms with Gasteiger partial charge in [-0.05, 0) is 30.7 Å². The first-order chi connectivity index (χ1) is 12.5. The van der Waals surface area contributed by atoms with E-state index in [1.807, 2.05) is 13.0 Å². The molecule has 0 spiro atoms. The molecule has 1 aromatic carbocycles. The number of rotatable bonds is 6. The number of hydrogen-bond donors (Lipinski definition) is 0. The van der Waals surface area contributed by atoms with Crippen LogP contribution in [0.5, 0.6) is 5.75 Å². The van der Waals surface area contributed by atoms with Crippen LogP contribution < -0.4 is 4.74 Å². The Kier molecular flexibility index (Phi) is 5.06. The Hall–Kier alpha value is -3.09. The molecule has 2 heterocycles. The summed E-state index contributed by atoms with van der Waals surface area (Å²) >= 11 is 0. The summed E-state index contributed by atoms with van der Waals surface area (Å²) in [5.74, 6) is 0.541. The first-order valence-electron chi connectivity index (χ1n) is 7.94. The van der Waals surface area contributed by atoms with Crippen molar-refractivity contribution in [2.75, 3.05) is 7.11 Å². The number of ether oxygens (including phenoxy) is 1. The SMILES string of the molecule is COc1cnc(C)cc1-c1cc(-c2ccn(CC(F)F)n2)ccc1C=O. The third-order valence-electron chi connectivity index (χ3n) is 3.96. The molecule has 0 fully saturated rings. The van der Waals surface area contributed by atoms with Gasteiger partial charge in [0.2, 0.25) is 0 Å². The fourth-order valence-corrected chi connectivity index (χ4v) is 2.73. The standard InChI is InChI=1S/C19H17F2N3O2/c1-12-7-16(18(26-2)9-22-12)15-8-13(3-4-14(15)11-25)17-5-6-24(23-17)10-19(20)21/h3-9,11,19H,10H2,1-2H3. The molecule has 0 saturated heterocycles. The number of carbonyl (C=O) groups is 1. The number of aromatic nitrogens is 3. The third-order valence-corrected chi connectivity index (χ3v) is 3.96. The average Bonchev–Trinajstić information content (AvgIpc) is 3.08. The zero-order valence-electron chi connectivity index (χ0n) is 14.3. The second-order valence-corrected chi connectivity index (χ2v) is 5.76. The Morgan fingerprint density at radius 1 is 1.23 bits per heavy atom. The molecule has 0 atom stereocenters. The van der Waals surface area contributed by atoms with Gasteiger partial charge in [-0.3, -0.25) is 14.5 Å². The number of aryl methyl sites for hydroxylation is 1. The van der Waals surface area contributed by atoms with Crippen molar-refractivity contribution in [3.8, 4) is 28.1 Å². The van der Waals surface area contributed by atoms with Crippen molar-refractivity contribution < 1.29 is 18.3 Å². The van der Waals surface area contributed by atoms with Crippen molar-refractivity contribution in [1.82, 2.24) is 14.8 Å². The van der Waals surface area contributed by atoms with Crippen LogP contribution in [0.1, 0.15) is 16.1 Å². The van der Waals surface area contributed by atoms with Crippen LogP contribution in [-0.4, -0.2) is 34.6 Å². The molecule has 134 valence electrons. The third kappa shape index (κ3) is 3.61. The van der Waals surface area contributed by atoms with E-state index in [9.17, 15) is 13.6 Å². The number of alkyl halides is 2. The minimum atomic E-state index is -2.47. The van der Waals surface area contributed by atoms with E-state index in [1.54, 1.807) is 30.5 Å². The Morgan fingerprint density at radius 2 is 2.04 bits per heavy atom. The van der Waals surface area contributed by atoms with E-state index in [1.165, 1.54) is 18.0 Å². The predicted octanol–water partition coefficient (Wildman–Crippen LogP) is 4.01. The normalized spacial score (nSPS) is 11.0. The highest BCUT2D eigenvalue weighted by Gasteiger charge is 2.14. The van der Waals surface area contributed by atoms with E-state index in [0.29, 0.717) is 22.6 Å². The molecule has 0 aliphatic rings. The summed E-state index contributed by atoms with van der Waals surface area (Å²) in [4.78, 5) is 15.7. The molecule has 7 heteroatoms. The maximum atomic E-state index is 12.5. The summed E-state index contributed by atoms with van der Waals surface area (Å²) in [6, 6.07) is 8.72. The zero-order chi connectivity index (χ0) is 18.7. The largest absolute Gasteiger partial charge is 0.494 e.